The Bertz CT molecular complexity index is 730. The Morgan fingerprint density at radius 2 is 1.52 bits per heavy atom. The smallest absolute Gasteiger partial charge is 0.243 e. The lowest BCUT2D eigenvalue weighted by Gasteiger charge is -2.26. The average Bonchev–Trinajstić information content (AvgIpc) is 2.60. The maximum Gasteiger partial charge on any atom is 0.243 e. The van der Waals surface area contributed by atoms with Crippen LogP contribution in [0.1, 0.15) is 19.4 Å². The van der Waals surface area contributed by atoms with E-state index in [1.54, 1.807) is 36.8 Å². The van der Waals surface area contributed by atoms with Crippen molar-refractivity contribution in [1.29, 1.82) is 0 Å². The van der Waals surface area contributed by atoms with E-state index in [0.717, 1.165) is 5.56 Å². The highest BCUT2D eigenvalue weighted by molar-refractivity contribution is 7.89. The van der Waals surface area contributed by atoms with E-state index in [-0.39, 0.29) is 17.4 Å². The molecule has 0 unspecified atom stereocenters. The van der Waals surface area contributed by atoms with Crippen molar-refractivity contribution in [2.45, 2.75) is 31.3 Å². The summed E-state index contributed by atoms with van der Waals surface area (Å²) in [4.78, 5) is 0.255. The summed E-state index contributed by atoms with van der Waals surface area (Å²) in [5.74, 6) is 0.166. The number of aliphatic hydroxyl groups is 1. The molecular weight excluding hydrogens is 334 g/mol. The molecule has 0 aromatic heterocycles. The summed E-state index contributed by atoms with van der Waals surface area (Å²) in [7, 11) is -3.62. The molecule has 2 rings (SSSR count). The molecule has 0 heterocycles. The quantitative estimate of drug-likeness (QED) is 0.747. The van der Waals surface area contributed by atoms with Gasteiger partial charge in [0.1, 0.15) is 0 Å². The van der Waals surface area contributed by atoms with Gasteiger partial charge in [0.25, 0.3) is 0 Å². The molecule has 0 bridgehead atoms. The molecule has 5 heteroatoms. The second-order valence-corrected chi connectivity index (χ2v) is 8.46. The van der Waals surface area contributed by atoms with Crippen molar-refractivity contribution < 1.29 is 13.5 Å². The van der Waals surface area contributed by atoms with Crippen LogP contribution in [0.5, 0.6) is 0 Å². The first kappa shape index (κ1) is 19.6. The minimum Gasteiger partial charge on any atom is -0.391 e. The van der Waals surface area contributed by atoms with Gasteiger partial charge in [-0.2, -0.15) is 4.31 Å². The SMILES string of the molecule is CC(C)CN(C[C@H](O)[CH]Cc1ccccc1)S(=O)(=O)c1ccccc1. The molecule has 0 spiro atoms. The molecule has 135 valence electrons. The van der Waals surface area contributed by atoms with E-state index in [1.165, 1.54) is 4.31 Å². The lowest BCUT2D eigenvalue weighted by Crippen LogP contribution is -2.40. The average molecular weight is 360 g/mol. The van der Waals surface area contributed by atoms with Gasteiger partial charge in [-0.25, -0.2) is 8.42 Å². The maximum atomic E-state index is 12.9. The van der Waals surface area contributed by atoms with E-state index in [9.17, 15) is 13.5 Å². The Hall–Kier alpha value is -1.69. The predicted molar refractivity (Wildman–Crippen MR) is 100 cm³/mol. The molecule has 0 fully saturated rings. The van der Waals surface area contributed by atoms with Crippen LogP contribution in [0.3, 0.4) is 0 Å². The normalized spacial score (nSPS) is 13.3. The topological polar surface area (TPSA) is 57.6 Å². The van der Waals surface area contributed by atoms with Crippen molar-refractivity contribution in [2.75, 3.05) is 13.1 Å². The Balaban J connectivity index is 2.07. The molecule has 1 radical (unpaired) electrons. The molecule has 0 aliphatic rings. The molecule has 0 saturated carbocycles. The van der Waals surface area contributed by atoms with Crippen LogP contribution in [0.2, 0.25) is 0 Å². The van der Waals surface area contributed by atoms with Crippen LogP contribution in [-0.4, -0.2) is 37.0 Å². The number of benzene rings is 2. The van der Waals surface area contributed by atoms with Crippen molar-refractivity contribution in [3.05, 3.63) is 72.6 Å². The van der Waals surface area contributed by atoms with Crippen LogP contribution in [0.4, 0.5) is 0 Å². The van der Waals surface area contributed by atoms with Gasteiger partial charge in [-0.05, 0) is 36.5 Å². The summed E-state index contributed by atoms with van der Waals surface area (Å²) in [6, 6.07) is 18.2. The number of sulfonamides is 1. The van der Waals surface area contributed by atoms with Gasteiger partial charge in [-0.3, -0.25) is 0 Å². The van der Waals surface area contributed by atoms with E-state index in [0.29, 0.717) is 13.0 Å². The van der Waals surface area contributed by atoms with Crippen LogP contribution in [0.15, 0.2) is 65.6 Å². The van der Waals surface area contributed by atoms with Gasteiger partial charge in [0.05, 0.1) is 11.0 Å². The lowest BCUT2D eigenvalue weighted by atomic mass is 10.1. The first-order valence-corrected chi connectivity index (χ1v) is 9.94. The molecule has 2 aromatic rings. The molecule has 25 heavy (non-hydrogen) atoms. The minimum absolute atomic E-state index is 0.0578. The van der Waals surface area contributed by atoms with Gasteiger partial charge in [0.15, 0.2) is 0 Å². The Labute approximate surface area is 151 Å². The molecule has 0 saturated heterocycles. The summed E-state index contributed by atoms with van der Waals surface area (Å²) in [6.45, 7) is 4.36. The van der Waals surface area contributed by atoms with Crippen molar-refractivity contribution >= 4 is 10.0 Å². The fraction of sp³-hybridized carbons (Fsp3) is 0.350. The molecule has 0 amide bonds. The summed E-state index contributed by atoms with van der Waals surface area (Å²) < 4.78 is 27.1. The number of rotatable bonds is 9. The van der Waals surface area contributed by atoms with Gasteiger partial charge in [-0.1, -0.05) is 62.4 Å². The third-order valence-corrected chi connectivity index (χ3v) is 5.65. The van der Waals surface area contributed by atoms with E-state index in [2.05, 4.69) is 0 Å². The minimum atomic E-state index is -3.62. The molecule has 2 aromatic carbocycles. The largest absolute Gasteiger partial charge is 0.391 e. The van der Waals surface area contributed by atoms with Crippen LogP contribution in [0, 0.1) is 12.3 Å². The summed E-state index contributed by atoms with van der Waals surface area (Å²) in [5, 5.41) is 10.3. The van der Waals surface area contributed by atoms with Gasteiger partial charge in [-0.15, -0.1) is 0 Å². The fourth-order valence-corrected chi connectivity index (χ4v) is 4.23. The second kappa shape index (κ2) is 9.13. The van der Waals surface area contributed by atoms with Crippen molar-refractivity contribution in [1.82, 2.24) is 4.31 Å². The molecule has 0 aliphatic heterocycles. The lowest BCUT2D eigenvalue weighted by molar-refractivity contribution is 0.167. The van der Waals surface area contributed by atoms with Gasteiger partial charge < -0.3 is 5.11 Å². The standard InChI is InChI=1S/C20H26NO3S/c1-17(2)15-21(25(23,24)20-11-7-4-8-12-20)16-19(22)14-13-18-9-5-3-6-10-18/h3-12,14,17,19,22H,13,15-16H2,1-2H3/t19-/m1/s1. The monoisotopic (exact) mass is 360 g/mol. The first-order valence-electron chi connectivity index (χ1n) is 8.50. The summed E-state index contributed by atoms with van der Waals surface area (Å²) >= 11 is 0. The Morgan fingerprint density at radius 1 is 0.960 bits per heavy atom. The fourth-order valence-electron chi connectivity index (χ4n) is 2.59. The van der Waals surface area contributed by atoms with Crippen LogP contribution < -0.4 is 0 Å². The van der Waals surface area contributed by atoms with Crippen LogP contribution in [0.25, 0.3) is 0 Å². The predicted octanol–water partition coefficient (Wildman–Crippen LogP) is 3.14. The van der Waals surface area contributed by atoms with Crippen LogP contribution >= 0.6 is 0 Å². The first-order chi connectivity index (χ1) is 11.9. The zero-order chi connectivity index (χ0) is 18.3. The third-order valence-electron chi connectivity index (χ3n) is 3.81. The van der Waals surface area contributed by atoms with E-state index < -0.39 is 16.1 Å². The zero-order valence-electron chi connectivity index (χ0n) is 14.7. The second-order valence-electron chi connectivity index (χ2n) is 6.52. The highest BCUT2D eigenvalue weighted by atomic mass is 32.2. The molecule has 4 nitrogen and oxygen atoms in total. The van der Waals surface area contributed by atoms with Crippen molar-refractivity contribution in [3.8, 4) is 0 Å². The van der Waals surface area contributed by atoms with E-state index in [1.807, 2.05) is 44.2 Å². The Kier molecular flexibility index (Phi) is 7.17. The van der Waals surface area contributed by atoms with Gasteiger partial charge in [0.2, 0.25) is 10.0 Å². The van der Waals surface area contributed by atoms with Crippen molar-refractivity contribution in [3.63, 3.8) is 0 Å². The number of hydrogen-bond acceptors (Lipinski definition) is 3. The van der Waals surface area contributed by atoms with Crippen molar-refractivity contribution in [2.24, 2.45) is 5.92 Å². The highest BCUT2D eigenvalue weighted by Crippen LogP contribution is 2.18. The Morgan fingerprint density at radius 3 is 2.08 bits per heavy atom. The molecule has 0 aliphatic carbocycles. The number of nitrogens with zero attached hydrogens (tertiary/aromatic N) is 1. The van der Waals surface area contributed by atoms with E-state index in [4.69, 9.17) is 0 Å². The maximum absolute atomic E-state index is 12.9. The molecular formula is C20H26NO3S. The van der Waals surface area contributed by atoms with Gasteiger partial charge >= 0.3 is 0 Å². The number of aliphatic hydroxyl groups excluding tert-OH is 1. The number of hydrogen-bond donors (Lipinski definition) is 1. The van der Waals surface area contributed by atoms with E-state index >= 15 is 0 Å². The third kappa shape index (κ3) is 5.96. The zero-order valence-corrected chi connectivity index (χ0v) is 15.6. The molecule has 1 atom stereocenters. The van der Waals surface area contributed by atoms with Gasteiger partial charge in [0, 0.05) is 13.1 Å². The van der Waals surface area contributed by atoms with Crippen LogP contribution in [-0.2, 0) is 16.4 Å². The summed E-state index contributed by atoms with van der Waals surface area (Å²) in [6.07, 6.45) is 1.53. The highest BCUT2D eigenvalue weighted by Gasteiger charge is 2.27. The summed E-state index contributed by atoms with van der Waals surface area (Å²) in [5.41, 5.74) is 1.09. The molecule has 1 N–H and O–H groups in total.